The molecular formula is C14H13BrClN5O4S. The number of rotatable bonds is 4. The third-order valence-corrected chi connectivity index (χ3v) is 5.55. The smallest absolute Gasteiger partial charge is 0.263 e. The van der Waals surface area contributed by atoms with Gasteiger partial charge in [0.2, 0.25) is 5.62 Å². The monoisotopic (exact) mass is 461 g/mol. The molecule has 0 atom stereocenters. The van der Waals surface area contributed by atoms with E-state index in [0.29, 0.717) is 9.99 Å². The van der Waals surface area contributed by atoms with E-state index in [2.05, 4.69) is 31.2 Å². The Morgan fingerprint density at radius 3 is 2.73 bits per heavy atom. The van der Waals surface area contributed by atoms with Crippen molar-refractivity contribution in [3.63, 3.8) is 0 Å². The van der Waals surface area contributed by atoms with E-state index in [1.54, 1.807) is 24.1 Å². The molecule has 0 amide bonds. The topological polar surface area (TPSA) is 111 Å². The van der Waals surface area contributed by atoms with Crippen molar-refractivity contribution in [2.45, 2.75) is 11.4 Å². The third-order valence-electron chi connectivity index (χ3n) is 3.59. The maximum atomic E-state index is 13.0. The molecule has 0 aliphatic carbocycles. The summed E-state index contributed by atoms with van der Waals surface area (Å²) >= 11 is 3.26. The summed E-state index contributed by atoms with van der Waals surface area (Å²) in [6.45, 7) is 0.163. The fourth-order valence-electron chi connectivity index (χ4n) is 2.48. The Bertz CT molecular complexity index is 1230. The lowest BCUT2D eigenvalue weighted by molar-refractivity contribution is 0.192. The average molecular weight is 463 g/mol. The van der Waals surface area contributed by atoms with Gasteiger partial charge in [0, 0.05) is 34.0 Å². The predicted octanol–water partition coefficient (Wildman–Crippen LogP) is 1.26. The molecule has 2 heterocycles. The van der Waals surface area contributed by atoms with Gasteiger partial charge in [0.15, 0.2) is 0 Å². The van der Waals surface area contributed by atoms with Crippen LogP contribution in [0.2, 0.25) is 0 Å². The van der Waals surface area contributed by atoms with Crippen molar-refractivity contribution in [2.75, 3.05) is 7.11 Å². The van der Waals surface area contributed by atoms with E-state index in [1.165, 1.54) is 23.8 Å². The molecule has 0 fully saturated rings. The van der Waals surface area contributed by atoms with Gasteiger partial charge in [0.05, 0.1) is 28.5 Å². The van der Waals surface area contributed by atoms with Gasteiger partial charge in [-0.1, -0.05) is 0 Å². The molecule has 0 saturated heterocycles. The number of nitrogens with one attached hydrogen (secondary N) is 1. The molecule has 0 aliphatic heterocycles. The molecule has 0 radical (unpaired) electrons. The van der Waals surface area contributed by atoms with E-state index in [4.69, 9.17) is 15.5 Å². The first kappa shape index (κ1) is 18.7. The Morgan fingerprint density at radius 1 is 1.42 bits per heavy atom. The lowest BCUT2D eigenvalue weighted by Crippen LogP contribution is -2.36. The van der Waals surface area contributed by atoms with E-state index < -0.39 is 14.6 Å². The summed E-state index contributed by atoms with van der Waals surface area (Å²) in [4.78, 5) is 20.6. The van der Waals surface area contributed by atoms with Crippen molar-refractivity contribution in [2.24, 2.45) is 12.2 Å². The minimum absolute atomic E-state index is 0.137. The predicted molar refractivity (Wildman–Crippen MR) is 98.2 cm³/mol. The van der Waals surface area contributed by atoms with Crippen LogP contribution in [-0.4, -0.2) is 34.9 Å². The molecule has 3 rings (SSSR count). The summed E-state index contributed by atoms with van der Waals surface area (Å²) in [5, 5.41) is 8.05. The number of halogens is 2. The quantitative estimate of drug-likeness (QED) is 0.463. The van der Waals surface area contributed by atoms with Crippen molar-refractivity contribution < 1.29 is 13.3 Å². The van der Waals surface area contributed by atoms with Gasteiger partial charge in [-0.3, -0.25) is 14.0 Å². The van der Waals surface area contributed by atoms with Crippen molar-refractivity contribution in [1.29, 1.82) is 0 Å². The molecule has 1 aromatic carbocycles. The van der Waals surface area contributed by atoms with Gasteiger partial charge < -0.3 is 9.82 Å². The summed E-state index contributed by atoms with van der Waals surface area (Å²) in [6.07, 6.45) is 3.37. The van der Waals surface area contributed by atoms with Crippen molar-refractivity contribution in [1.82, 2.24) is 19.3 Å². The fourth-order valence-corrected chi connectivity index (χ4v) is 3.98. The number of fused-ring (bicyclic) bond motifs is 1. The van der Waals surface area contributed by atoms with Gasteiger partial charge in [-0.25, -0.2) is 8.42 Å². The highest BCUT2D eigenvalue weighted by molar-refractivity contribution is 9.10. The Balaban J connectivity index is 2.35. The maximum Gasteiger partial charge on any atom is 0.263 e. The van der Waals surface area contributed by atoms with Gasteiger partial charge in [-0.2, -0.15) is 5.10 Å². The molecule has 0 spiro atoms. The lowest BCUT2D eigenvalue weighted by atomic mass is 10.2. The average Bonchev–Trinajstić information content (AvgIpc) is 2.96. The van der Waals surface area contributed by atoms with E-state index >= 15 is 0 Å². The molecule has 3 aromatic rings. The zero-order chi connectivity index (χ0) is 19.1. The van der Waals surface area contributed by atoms with Gasteiger partial charge in [-0.05, 0) is 33.2 Å². The third kappa shape index (κ3) is 3.55. The number of benzene rings is 1. The molecule has 2 aromatic heterocycles. The largest absolute Gasteiger partial charge is 0.396 e. The van der Waals surface area contributed by atoms with E-state index in [0.717, 1.165) is 5.56 Å². The Hall–Kier alpha value is -2.11. The highest BCUT2D eigenvalue weighted by Crippen LogP contribution is 2.26. The van der Waals surface area contributed by atoms with Crippen LogP contribution >= 0.6 is 26.6 Å². The number of hydrogen-bond donors (Lipinski definition) is 1. The second-order valence-corrected chi connectivity index (χ2v) is 8.82. The fraction of sp³-hybridized carbons (Fsp3) is 0.214. The molecule has 12 heteroatoms. The summed E-state index contributed by atoms with van der Waals surface area (Å²) in [6, 6.07) is 2.53. The maximum absolute atomic E-state index is 13.0. The van der Waals surface area contributed by atoms with Crippen LogP contribution < -0.4 is 11.2 Å². The van der Waals surface area contributed by atoms with Crippen LogP contribution in [0, 0.1) is 0 Å². The van der Waals surface area contributed by atoms with Crippen LogP contribution in [0.15, 0.2) is 43.8 Å². The summed E-state index contributed by atoms with van der Waals surface area (Å²) < 4.78 is 26.6. The van der Waals surface area contributed by atoms with Gasteiger partial charge in [-0.15, -0.1) is 0 Å². The molecule has 0 saturated carbocycles. The van der Waals surface area contributed by atoms with Gasteiger partial charge >= 0.3 is 0 Å². The number of H-pyrrole nitrogens is 1. The normalized spacial score (nSPS) is 12.7. The highest BCUT2D eigenvalue weighted by Gasteiger charge is 2.17. The number of hydrogen-bond acceptors (Lipinski definition) is 6. The van der Waals surface area contributed by atoms with E-state index in [1.807, 2.05) is 0 Å². The zero-order valence-corrected chi connectivity index (χ0v) is 16.8. The van der Waals surface area contributed by atoms with Crippen LogP contribution in [0.5, 0.6) is 0 Å². The molecule has 0 unspecified atom stereocenters. The summed E-state index contributed by atoms with van der Waals surface area (Å²) in [5.74, 6) is 0. The second kappa shape index (κ2) is 6.89. The minimum atomic E-state index is -4.00. The van der Waals surface area contributed by atoms with Crippen LogP contribution in [-0.2, 0) is 27.5 Å². The SMILES string of the molecule is CO/N=c1\[nH]c2c(Br)cc(S(=O)(=O)Cl)cc2c(=O)n1Cc1cnn(C)c1. The minimum Gasteiger partial charge on any atom is -0.396 e. The van der Waals surface area contributed by atoms with Crippen LogP contribution in [0.3, 0.4) is 0 Å². The molecule has 26 heavy (non-hydrogen) atoms. The summed E-state index contributed by atoms with van der Waals surface area (Å²) in [5.41, 5.74) is 0.838. The number of aryl methyl sites for hydroxylation is 1. The first-order chi connectivity index (χ1) is 12.2. The number of nitrogens with zero attached hydrogens (tertiary/aromatic N) is 4. The Labute approximate surface area is 160 Å². The van der Waals surface area contributed by atoms with Crippen LogP contribution in [0.1, 0.15) is 5.56 Å². The zero-order valence-electron chi connectivity index (χ0n) is 13.6. The standard InChI is InChI=1S/C14H13BrClN5O4S/c1-20-6-8(5-17-20)7-21-13(22)10-3-9(26(16,23)24)4-11(15)12(10)18-14(21)19-25-2/h3-6H,7H2,1-2H3,(H,18,19). The van der Waals surface area contributed by atoms with Crippen LogP contribution in [0.25, 0.3) is 10.9 Å². The molecule has 0 bridgehead atoms. The first-order valence-electron chi connectivity index (χ1n) is 7.16. The Morgan fingerprint density at radius 2 is 2.15 bits per heavy atom. The van der Waals surface area contributed by atoms with Crippen molar-refractivity contribution in [3.05, 3.63) is 50.5 Å². The summed E-state index contributed by atoms with van der Waals surface area (Å²) in [7, 11) is 4.53. The van der Waals surface area contributed by atoms with Crippen LogP contribution in [0.4, 0.5) is 0 Å². The Kier molecular flexibility index (Phi) is 4.95. The second-order valence-electron chi connectivity index (χ2n) is 5.40. The molecule has 1 N–H and O–H groups in total. The highest BCUT2D eigenvalue weighted by atomic mass is 79.9. The van der Waals surface area contributed by atoms with E-state index in [-0.39, 0.29) is 22.4 Å². The van der Waals surface area contributed by atoms with Gasteiger partial charge in [0.1, 0.15) is 7.11 Å². The lowest BCUT2D eigenvalue weighted by Gasteiger charge is -2.09. The molecule has 138 valence electrons. The van der Waals surface area contributed by atoms with Crippen molar-refractivity contribution in [3.8, 4) is 0 Å². The molecular weight excluding hydrogens is 450 g/mol. The van der Waals surface area contributed by atoms with Gasteiger partial charge in [0.25, 0.3) is 14.6 Å². The van der Waals surface area contributed by atoms with Crippen molar-refractivity contribution >= 4 is 46.6 Å². The first-order valence-corrected chi connectivity index (χ1v) is 10.3. The molecule has 0 aliphatic rings. The van der Waals surface area contributed by atoms with E-state index in [9.17, 15) is 13.2 Å². The number of aromatic nitrogens is 4. The number of aromatic amines is 1. The molecule has 9 nitrogen and oxygen atoms in total.